The molecule has 2 aromatic carbocycles. The Morgan fingerprint density at radius 2 is 1.87 bits per heavy atom. The summed E-state index contributed by atoms with van der Waals surface area (Å²) >= 11 is 0. The van der Waals surface area contributed by atoms with Gasteiger partial charge in [0.25, 0.3) is 11.6 Å². The molecule has 118 valence electrons. The first-order chi connectivity index (χ1) is 11.0. The monoisotopic (exact) mass is 317 g/mol. The highest BCUT2D eigenvalue weighted by atomic mass is 19.1. The van der Waals surface area contributed by atoms with Gasteiger partial charge in [0.1, 0.15) is 11.6 Å². The van der Waals surface area contributed by atoms with Crippen molar-refractivity contribution in [2.75, 3.05) is 6.61 Å². The van der Waals surface area contributed by atoms with Gasteiger partial charge in [-0.05, 0) is 42.0 Å². The van der Waals surface area contributed by atoms with Gasteiger partial charge in [0.2, 0.25) is 0 Å². The van der Waals surface area contributed by atoms with Crippen LogP contribution in [0.4, 0.5) is 10.1 Å². The summed E-state index contributed by atoms with van der Waals surface area (Å²) in [4.78, 5) is 21.5. The maximum atomic E-state index is 12.7. The van der Waals surface area contributed by atoms with E-state index in [0.29, 0.717) is 11.3 Å². The maximum absolute atomic E-state index is 12.7. The molecule has 0 radical (unpaired) electrons. The first-order valence-corrected chi connectivity index (χ1v) is 6.49. The molecule has 0 spiro atoms. The molecular formula is C15H12FN3O4. The van der Waals surface area contributed by atoms with Gasteiger partial charge in [-0.15, -0.1) is 0 Å². The van der Waals surface area contributed by atoms with Crippen molar-refractivity contribution in [1.82, 2.24) is 5.43 Å². The van der Waals surface area contributed by atoms with Gasteiger partial charge in [-0.2, -0.15) is 5.10 Å². The summed E-state index contributed by atoms with van der Waals surface area (Å²) in [7, 11) is 0. The molecule has 2 rings (SSSR count). The van der Waals surface area contributed by atoms with Gasteiger partial charge in [-0.25, -0.2) is 9.82 Å². The summed E-state index contributed by atoms with van der Waals surface area (Å²) in [5.41, 5.74) is 2.81. The second kappa shape index (κ2) is 7.64. The zero-order valence-corrected chi connectivity index (χ0v) is 11.8. The molecule has 23 heavy (non-hydrogen) atoms. The number of carbonyl (C=O) groups is 1. The molecule has 0 saturated carbocycles. The number of nitro benzene ring substituents is 1. The average Bonchev–Trinajstić information content (AvgIpc) is 2.55. The summed E-state index contributed by atoms with van der Waals surface area (Å²) in [6.45, 7) is -0.275. The van der Waals surface area contributed by atoms with Gasteiger partial charge in [-0.1, -0.05) is 0 Å². The fourth-order valence-corrected chi connectivity index (χ4v) is 1.57. The number of ether oxygens (including phenoxy) is 1. The van der Waals surface area contributed by atoms with Crippen LogP contribution in [-0.2, 0) is 4.79 Å². The van der Waals surface area contributed by atoms with E-state index in [9.17, 15) is 19.3 Å². The van der Waals surface area contributed by atoms with E-state index in [1.807, 2.05) is 0 Å². The van der Waals surface area contributed by atoms with Crippen LogP contribution in [0.3, 0.4) is 0 Å². The smallest absolute Gasteiger partial charge is 0.277 e. The van der Waals surface area contributed by atoms with E-state index in [1.54, 1.807) is 0 Å². The van der Waals surface area contributed by atoms with Crippen LogP contribution in [0.2, 0.25) is 0 Å². The molecule has 8 heteroatoms. The average molecular weight is 317 g/mol. The lowest BCUT2D eigenvalue weighted by atomic mass is 10.2. The van der Waals surface area contributed by atoms with Crippen molar-refractivity contribution in [3.63, 3.8) is 0 Å². The number of rotatable bonds is 6. The van der Waals surface area contributed by atoms with Crippen LogP contribution in [0.15, 0.2) is 53.6 Å². The van der Waals surface area contributed by atoms with Crippen molar-refractivity contribution < 1.29 is 18.8 Å². The summed E-state index contributed by atoms with van der Waals surface area (Å²) in [5, 5.41) is 14.2. The number of nitrogens with one attached hydrogen (secondary N) is 1. The lowest BCUT2D eigenvalue weighted by Crippen LogP contribution is -2.24. The zero-order chi connectivity index (χ0) is 16.7. The number of non-ortho nitro benzene ring substituents is 1. The van der Waals surface area contributed by atoms with E-state index in [-0.39, 0.29) is 12.3 Å². The Balaban J connectivity index is 1.79. The third-order valence-electron chi connectivity index (χ3n) is 2.69. The molecule has 0 heterocycles. The minimum absolute atomic E-state index is 0.0288. The van der Waals surface area contributed by atoms with E-state index in [4.69, 9.17) is 4.74 Å². The Morgan fingerprint density at radius 3 is 2.48 bits per heavy atom. The van der Waals surface area contributed by atoms with Gasteiger partial charge in [0.05, 0.1) is 11.1 Å². The molecule has 7 nitrogen and oxygen atoms in total. The summed E-state index contributed by atoms with van der Waals surface area (Å²) in [6.07, 6.45) is 1.35. The van der Waals surface area contributed by atoms with Crippen LogP contribution in [0, 0.1) is 15.9 Å². The van der Waals surface area contributed by atoms with E-state index in [1.165, 1.54) is 54.7 Å². The number of nitrogens with zero attached hydrogens (tertiary/aromatic N) is 2. The predicted octanol–water partition coefficient (Wildman–Crippen LogP) is 2.26. The van der Waals surface area contributed by atoms with E-state index in [2.05, 4.69) is 10.5 Å². The van der Waals surface area contributed by atoms with Crippen LogP contribution in [0.25, 0.3) is 0 Å². The molecule has 0 unspecified atom stereocenters. The number of benzene rings is 2. The van der Waals surface area contributed by atoms with Crippen LogP contribution in [0.5, 0.6) is 5.75 Å². The molecule has 0 aromatic heterocycles. The molecular weight excluding hydrogens is 305 g/mol. The molecule has 0 aliphatic carbocycles. The summed E-state index contributed by atoms with van der Waals surface area (Å²) in [5.74, 6) is -0.525. The van der Waals surface area contributed by atoms with Crippen molar-refractivity contribution in [3.8, 4) is 5.75 Å². The molecule has 0 aliphatic rings. The molecule has 0 fully saturated rings. The zero-order valence-electron chi connectivity index (χ0n) is 11.8. The second-order valence-electron chi connectivity index (χ2n) is 4.38. The number of hydrogen-bond acceptors (Lipinski definition) is 5. The van der Waals surface area contributed by atoms with E-state index in [0.717, 1.165) is 0 Å². The minimum atomic E-state index is -0.504. The first-order valence-electron chi connectivity index (χ1n) is 6.49. The predicted molar refractivity (Wildman–Crippen MR) is 80.7 cm³/mol. The molecule has 1 N–H and O–H groups in total. The first kappa shape index (κ1) is 16.1. The maximum Gasteiger partial charge on any atom is 0.277 e. The third-order valence-corrected chi connectivity index (χ3v) is 2.69. The Kier molecular flexibility index (Phi) is 5.35. The Bertz CT molecular complexity index is 715. The van der Waals surface area contributed by atoms with Crippen molar-refractivity contribution in [1.29, 1.82) is 0 Å². The normalized spacial score (nSPS) is 10.5. The summed E-state index contributed by atoms with van der Waals surface area (Å²) in [6, 6.07) is 10.9. The fourth-order valence-electron chi connectivity index (χ4n) is 1.57. The van der Waals surface area contributed by atoms with Crippen molar-refractivity contribution in [3.05, 3.63) is 70.0 Å². The number of halogens is 1. The highest BCUT2D eigenvalue weighted by molar-refractivity contribution is 5.83. The SMILES string of the molecule is O=C(COc1ccc(F)cc1)N/N=C/c1ccc([N+](=O)[O-])cc1. The van der Waals surface area contributed by atoms with E-state index < -0.39 is 16.6 Å². The van der Waals surface area contributed by atoms with Crippen LogP contribution < -0.4 is 10.2 Å². The van der Waals surface area contributed by atoms with Gasteiger partial charge >= 0.3 is 0 Å². The van der Waals surface area contributed by atoms with Crippen LogP contribution >= 0.6 is 0 Å². The minimum Gasteiger partial charge on any atom is -0.484 e. The topological polar surface area (TPSA) is 93.8 Å². The standard InChI is InChI=1S/C15H12FN3O4/c16-12-3-7-14(8-4-12)23-10-15(20)18-17-9-11-1-5-13(6-2-11)19(21)22/h1-9H,10H2,(H,18,20)/b17-9+. The number of hydrogen-bond donors (Lipinski definition) is 1. The number of hydrazone groups is 1. The molecule has 0 saturated heterocycles. The lowest BCUT2D eigenvalue weighted by Gasteiger charge is -2.04. The molecule has 0 aliphatic heterocycles. The van der Waals surface area contributed by atoms with Gasteiger partial charge in [-0.3, -0.25) is 14.9 Å². The Labute approximate surface area is 130 Å². The Morgan fingerprint density at radius 1 is 1.22 bits per heavy atom. The van der Waals surface area contributed by atoms with Gasteiger partial charge in [0, 0.05) is 12.1 Å². The lowest BCUT2D eigenvalue weighted by molar-refractivity contribution is -0.384. The number of nitro groups is 1. The van der Waals surface area contributed by atoms with Gasteiger partial charge in [0.15, 0.2) is 6.61 Å². The van der Waals surface area contributed by atoms with E-state index >= 15 is 0 Å². The van der Waals surface area contributed by atoms with Gasteiger partial charge < -0.3 is 4.74 Å². The quantitative estimate of drug-likeness (QED) is 0.502. The largest absolute Gasteiger partial charge is 0.484 e. The Hall–Kier alpha value is -3.29. The molecule has 0 bridgehead atoms. The second-order valence-corrected chi connectivity index (χ2v) is 4.38. The number of amides is 1. The van der Waals surface area contributed by atoms with Crippen molar-refractivity contribution in [2.24, 2.45) is 5.10 Å². The molecule has 0 atom stereocenters. The van der Waals surface area contributed by atoms with Crippen LogP contribution in [-0.4, -0.2) is 23.7 Å². The number of carbonyl (C=O) groups excluding carboxylic acids is 1. The van der Waals surface area contributed by atoms with Crippen molar-refractivity contribution in [2.45, 2.75) is 0 Å². The molecule has 1 amide bonds. The van der Waals surface area contributed by atoms with Crippen LogP contribution in [0.1, 0.15) is 5.56 Å². The highest BCUT2D eigenvalue weighted by Gasteiger charge is 2.03. The third kappa shape index (κ3) is 5.20. The highest BCUT2D eigenvalue weighted by Crippen LogP contribution is 2.11. The van der Waals surface area contributed by atoms with Crippen molar-refractivity contribution >= 4 is 17.8 Å². The summed E-state index contributed by atoms with van der Waals surface area (Å²) < 4.78 is 17.8. The fraction of sp³-hybridized carbons (Fsp3) is 0.0667. The molecule has 2 aromatic rings.